The Morgan fingerprint density at radius 3 is 2.78 bits per heavy atom. The van der Waals surface area contributed by atoms with Gasteiger partial charge in [0.2, 0.25) is 0 Å². The van der Waals surface area contributed by atoms with Gasteiger partial charge >= 0.3 is 11.9 Å². The molecule has 0 aromatic rings. The highest BCUT2D eigenvalue weighted by Crippen LogP contribution is 2.36. The minimum Gasteiger partial charge on any atom is -0.455 e. The number of esters is 2. The maximum absolute atomic E-state index is 12.3. The number of fused-ring (bicyclic) bond motifs is 1. The lowest BCUT2D eigenvalue weighted by Gasteiger charge is -2.30. The van der Waals surface area contributed by atoms with Crippen molar-refractivity contribution < 1.29 is 34.1 Å². The fourth-order valence-corrected chi connectivity index (χ4v) is 3.10. The topological polar surface area (TPSA) is 110 Å². The van der Waals surface area contributed by atoms with E-state index >= 15 is 0 Å². The molecule has 2 rings (SSSR count). The van der Waals surface area contributed by atoms with Gasteiger partial charge < -0.3 is 19.7 Å². The molecule has 27 heavy (non-hydrogen) atoms. The van der Waals surface area contributed by atoms with Crippen LogP contribution in [0, 0.1) is 5.92 Å². The van der Waals surface area contributed by atoms with Crippen molar-refractivity contribution in [2.24, 2.45) is 5.92 Å². The molecule has 0 radical (unpaired) electrons. The number of hydrogen-bond acceptors (Lipinski definition) is 7. The van der Waals surface area contributed by atoms with E-state index in [0.717, 1.165) is 0 Å². The molecule has 1 heterocycles. The maximum Gasteiger partial charge on any atom is 0.334 e. The van der Waals surface area contributed by atoms with E-state index in [0.29, 0.717) is 30.3 Å². The van der Waals surface area contributed by atoms with Crippen LogP contribution in [-0.2, 0) is 23.9 Å². The van der Waals surface area contributed by atoms with Gasteiger partial charge in [0.05, 0.1) is 12.5 Å². The Morgan fingerprint density at radius 2 is 2.19 bits per heavy atom. The summed E-state index contributed by atoms with van der Waals surface area (Å²) in [6.07, 6.45) is 2.43. The third kappa shape index (κ3) is 4.43. The molecule has 0 aromatic heterocycles. The normalized spacial score (nSPS) is 31.2. The third-order valence-corrected chi connectivity index (χ3v) is 4.85. The third-order valence-electron chi connectivity index (χ3n) is 4.85. The first-order valence-corrected chi connectivity index (χ1v) is 8.71. The van der Waals surface area contributed by atoms with Crippen LogP contribution in [0.5, 0.6) is 0 Å². The van der Waals surface area contributed by atoms with Gasteiger partial charge in [-0.05, 0) is 38.3 Å². The van der Waals surface area contributed by atoms with Gasteiger partial charge in [-0.1, -0.05) is 18.7 Å². The standard InChI is InChI=1S/C20H24O7/c1-4-11(2)19(24)27-18-16-12(3)20(25)26-15(16)8-13(9-21)6-5-7-14(10-22)17(18)23/h4,7-8,10,15-18,21,23H,3,5-6,9H2,1-2H3/b11-4-,13-8?,14-7-/t15-,16+,17+,18+/m1/s1. The second-order valence-electron chi connectivity index (χ2n) is 6.55. The molecule has 7 nitrogen and oxygen atoms in total. The summed E-state index contributed by atoms with van der Waals surface area (Å²) in [5, 5.41) is 20.3. The number of aliphatic hydroxyl groups is 2. The molecule has 4 atom stereocenters. The largest absolute Gasteiger partial charge is 0.455 e. The predicted molar refractivity (Wildman–Crippen MR) is 96.4 cm³/mol. The van der Waals surface area contributed by atoms with Gasteiger partial charge in [-0.15, -0.1) is 0 Å². The summed E-state index contributed by atoms with van der Waals surface area (Å²) in [5.74, 6) is -2.24. The van der Waals surface area contributed by atoms with Crippen LogP contribution in [0.25, 0.3) is 0 Å². The highest BCUT2D eigenvalue weighted by atomic mass is 16.6. The van der Waals surface area contributed by atoms with Crippen molar-refractivity contribution in [3.63, 3.8) is 0 Å². The minimum atomic E-state index is -1.45. The summed E-state index contributed by atoms with van der Waals surface area (Å²) >= 11 is 0. The number of allylic oxidation sites excluding steroid dienone is 2. The molecule has 0 spiro atoms. The van der Waals surface area contributed by atoms with Crippen LogP contribution >= 0.6 is 0 Å². The molecule has 0 amide bonds. The van der Waals surface area contributed by atoms with Gasteiger partial charge in [0, 0.05) is 16.7 Å². The van der Waals surface area contributed by atoms with Gasteiger partial charge in [-0.2, -0.15) is 0 Å². The summed E-state index contributed by atoms with van der Waals surface area (Å²) < 4.78 is 10.8. The van der Waals surface area contributed by atoms with E-state index in [4.69, 9.17) is 9.47 Å². The summed E-state index contributed by atoms with van der Waals surface area (Å²) in [6.45, 7) is 6.68. The van der Waals surface area contributed by atoms with Crippen LogP contribution in [0.3, 0.4) is 0 Å². The predicted octanol–water partition coefficient (Wildman–Crippen LogP) is 1.16. The average Bonchev–Trinajstić information content (AvgIpc) is 2.94. The SMILES string of the molecule is C=C1C(=O)O[C@@H]2C=C(CO)CC/C=C(/C=O)[C@H](O)[C@@H](OC(=O)/C(C)=C\C)[C@@H]12. The van der Waals surface area contributed by atoms with Crippen LogP contribution in [0.4, 0.5) is 0 Å². The summed E-state index contributed by atoms with van der Waals surface area (Å²) in [5.41, 5.74) is 1.00. The quantitative estimate of drug-likeness (QED) is 0.328. The van der Waals surface area contributed by atoms with Crippen molar-refractivity contribution in [1.29, 1.82) is 0 Å². The zero-order valence-corrected chi connectivity index (χ0v) is 15.4. The Balaban J connectivity index is 2.54. The van der Waals surface area contributed by atoms with Crippen molar-refractivity contribution >= 4 is 18.2 Å². The molecule has 2 aliphatic rings. The van der Waals surface area contributed by atoms with Crippen LogP contribution in [0.1, 0.15) is 26.7 Å². The van der Waals surface area contributed by atoms with Gasteiger partial charge in [-0.25, -0.2) is 9.59 Å². The van der Waals surface area contributed by atoms with Gasteiger partial charge in [0.15, 0.2) is 0 Å². The van der Waals surface area contributed by atoms with Crippen molar-refractivity contribution in [3.8, 4) is 0 Å². The van der Waals surface area contributed by atoms with Gasteiger partial charge in [0.1, 0.15) is 24.6 Å². The first kappa shape index (κ1) is 20.8. The molecule has 0 saturated carbocycles. The van der Waals surface area contributed by atoms with Crippen LogP contribution in [0.2, 0.25) is 0 Å². The van der Waals surface area contributed by atoms with Crippen molar-refractivity contribution in [2.45, 2.75) is 45.0 Å². The summed E-state index contributed by atoms with van der Waals surface area (Å²) in [7, 11) is 0. The van der Waals surface area contributed by atoms with E-state index in [9.17, 15) is 24.6 Å². The minimum absolute atomic E-state index is 0.0364. The molecule has 2 N–H and O–H groups in total. The number of ether oxygens (including phenoxy) is 2. The van der Waals surface area contributed by atoms with E-state index in [1.165, 1.54) is 6.08 Å². The lowest BCUT2D eigenvalue weighted by molar-refractivity contribution is -0.153. The first-order valence-electron chi connectivity index (χ1n) is 8.71. The van der Waals surface area contributed by atoms with Crippen molar-refractivity contribution in [3.05, 3.63) is 47.1 Å². The molecule has 1 aliphatic heterocycles. The second kappa shape index (κ2) is 8.92. The number of hydrogen-bond donors (Lipinski definition) is 2. The number of aliphatic hydroxyl groups excluding tert-OH is 2. The second-order valence-corrected chi connectivity index (χ2v) is 6.55. The Kier molecular flexibility index (Phi) is 6.87. The van der Waals surface area contributed by atoms with Crippen LogP contribution in [0.15, 0.2) is 47.1 Å². The molecule has 0 unspecified atom stereocenters. The number of aldehydes is 1. The Morgan fingerprint density at radius 1 is 1.48 bits per heavy atom. The molecule has 0 aromatic carbocycles. The molecule has 0 bridgehead atoms. The zero-order valence-electron chi connectivity index (χ0n) is 15.4. The fraction of sp³-hybridized carbons (Fsp3) is 0.450. The highest BCUT2D eigenvalue weighted by molar-refractivity contribution is 5.92. The monoisotopic (exact) mass is 376 g/mol. The van der Waals surface area contributed by atoms with E-state index in [1.807, 2.05) is 0 Å². The van der Waals surface area contributed by atoms with E-state index in [-0.39, 0.29) is 17.8 Å². The van der Waals surface area contributed by atoms with Crippen molar-refractivity contribution in [2.75, 3.05) is 6.61 Å². The number of rotatable bonds is 4. The maximum atomic E-state index is 12.3. The average molecular weight is 376 g/mol. The van der Waals surface area contributed by atoms with Gasteiger partial charge in [0.25, 0.3) is 0 Å². The van der Waals surface area contributed by atoms with Crippen LogP contribution < -0.4 is 0 Å². The molecular formula is C20H24O7. The lowest BCUT2D eigenvalue weighted by atomic mass is 9.83. The first-order chi connectivity index (χ1) is 12.8. The highest BCUT2D eigenvalue weighted by Gasteiger charge is 2.48. The smallest absolute Gasteiger partial charge is 0.334 e. The van der Waals surface area contributed by atoms with E-state index in [1.54, 1.807) is 26.0 Å². The molecule has 1 fully saturated rings. The molecule has 7 heteroatoms. The fourth-order valence-electron chi connectivity index (χ4n) is 3.10. The molecule has 1 saturated heterocycles. The Labute approximate surface area is 157 Å². The van der Waals surface area contributed by atoms with Gasteiger partial charge in [-0.3, -0.25) is 4.79 Å². The molecular weight excluding hydrogens is 352 g/mol. The van der Waals surface area contributed by atoms with E-state index < -0.39 is 36.2 Å². The zero-order chi connectivity index (χ0) is 20.1. The summed E-state index contributed by atoms with van der Waals surface area (Å²) in [6, 6.07) is 0. The van der Waals surface area contributed by atoms with Crippen molar-refractivity contribution in [1.82, 2.24) is 0 Å². The molecule has 146 valence electrons. The van der Waals surface area contributed by atoms with Crippen LogP contribution in [-0.4, -0.2) is 53.4 Å². The Bertz CT molecular complexity index is 729. The number of carbonyl (C=O) groups is 3. The van der Waals surface area contributed by atoms with E-state index in [2.05, 4.69) is 6.58 Å². The number of carbonyl (C=O) groups excluding carboxylic acids is 3. The lowest BCUT2D eigenvalue weighted by Crippen LogP contribution is -2.43. The molecule has 1 aliphatic carbocycles. The Hall–Kier alpha value is -2.51. The summed E-state index contributed by atoms with van der Waals surface area (Å²) in [4.78, 5) is 35.9.